The zero-order valence-electron chi connectivity index (χ0n) is 5.74. The summed E-state index contributed by atoms with van der Waals surface area (Å²) in [6, 6.07) is 0. The molecule has 0 aromatic carbocycles. The highest BCUT2D eigenvalue weighted by Crippen LogP contribution is 2.54. The summed E-state index contributed by atoms with van der Waals surface area (Å²) in [5.41, 5.74) is 12.9. The fourth-order valence-electron chi connectivity index (χ4n) is 1.16. The lowest BCUT2D eigenvalue weighted by atomic mass is 10.3. The van der Waals surface area contributed by atoms with Crippen molar-refractivity contribution in [3.63, 3.8) is 0 Å². The Bertz CT molecular complexity index is 199. The van der Waals surface area contributed by atoms with E-state index in [1.165, 1.54) is 0 Å². The minimum Gasteiger partial charge on any atom is -0.330 e. The van der Waals surface area contributed by atoms with E-state index in [1.54, 1.807) is 0 Å². The molecule has 2 unspecified atom stereocenters. The molecule has 1 aliphatic carbocycles. The number of nitrogens with zero attached hydrogens (tertiary/aromatic N) is 3. The topological polar surface area (TPSA) is 74.8 Å². The normalized spacial score (nSPS) is 32.6. The van der Waals surface area contributed by atoms with Crippen LogP contribution in [0.2, 0.25) is 0 Å². The number of hydrogen-bond acceptors (Lipinski definition) is 2. The first-order chi connectivity index (χ1) is 5.14. The van der Waals surface area contributed by atoms with Gasteiger partial charge in [-0.1, -0.05) is 5.11 Å². The molecule has 62 valence electrons. The van der Waals surface area contributed by atoms with Crippen LogP contribution in [0, 0.1) is 11.8 Å². The molecule has 1 aliphatic rings. The van der Waals surface area contributed by atoms with Crippen molar-refractivity contribution in [2.75, 3.05) is 13.1 Å². The van der Waals surface area contributed by atoms with Crippen molar-refractivity contribution in [1.82, 2.24) is 0 Å². The summed E-state index contributed by atoms with van der Waals surface area (Å²) in [5.74, 6) is -4.32. The van der Waals surface area contributed by atoms with E-state index in [-0.39, 0.29) is 13.1 Å². The summed E-state index contributed by atoms with van der Waals surface area (Å²) < 4.78 is 25.0. The van der Waals surface area contributed by atoms with Crippen LogP contribution in [0.15, 0.2) is 5.11 Å². The number of azide groups is 1. The first kappa shape index (κ1) is 8.23. The number of hydrogen-bond donors (Lipinski definition) is 1. The predicted molar refractivity (Wildman–Crippen MR) is 35.0 cm³/mol. The molecule has 11 heavy (non-hydrogen) atoms. The Morgan fingerprint density at radius 1 is 1.55 bits per heavy atom. The number of rotatable bonds is 3. The molecule has 0 aromatic heterocycles. The molecule has 0 bridgehead atoms. The Balaban J connectivity index is 2.45. The van der Waals surface area contributed by atoms with Crippen LogP contribution in [0.5, 0.6) is 0 Å². The Kier molecular flexibility index (Phi) is 1.97. The van der Waals surface area contributed by atoms with E-state index < -0.39 is 17.8 Å². The number of alkyl halides is 2. The molecular formula is C5H8F2N4. The van der Waals surface area contributed by atoms with Crippen LogP contribution in [-0.4, -0.2) is 19.0 Å². The largest absolute Gasteiger partial charge is 0.330 e. The van der Waals surface area contributed by atoms with Gasteiger partial charge in [0.15, 0.2) is 0 Å². The standard InChI is InChI=1S/C5H8F2N4/c6-5(7)3(1-8)4(5)2-10-11-9/h3-4H,1-2,8H2. The first-order valence-electron chi connectivity index (χ1n) is 3.23. The van der Waals surface area contributed by atoms with Gasteiger partial charge in [-0.3, -0.25) is 0 Å². The van der Waals surface area contributed by atoms with Gasteiger partial charge in [0, 0.05) is 29.8 Å². The van der Waals surface area contributed by atoms with Crippen LogP contribution in [0.25, 0.3) is 10.4 Å². The third-order valence-electron chi connectivity index (χ3n) is 1.96. The van der Waals surface area contributed by atoms with Gasteiger partial charge >= 0.3 is 0 Å². The van der Waals surface area contributed by atoms with Crippen LogP contribution in [0.3, 0.4) is 0 Å². The fraction of sp³-hybridized carbons (Fsp3) is 1.00. The minimum atomic E-state index is -2.71. The molecule has 0 amide bonds. The summed E-state index contributed by atoms with van der Waals surface area (Å²) >= 11 is 0. The second-order valence-electron chi connectivity index (χ2n) is 2.54. The van der Waals surface area contributed by atoms with Crippen molar-refractivity contribution in [1.29, 1.82) is 0 Å². The molecule has 1 fully saturated rings. The maximum atomic E-state index is 12.5. The van der Waals surface area contributed by atoms with E-state index in [9.17, 15) is 8.78 Å². The van der Waals surface area contributed by atoms with E-state index in [0.29, 0.717) is 0 Å². The summed E-state index contributed by atoms with van der Waals surface area (Å²) in [6.07, 6.45) is 0. The Morgan fingerprint density at radius 2 is 2.18 bits per heavy atom. The minimum absolute atomic E-state index is 0.0430. The van der Waals surface area contributed by atoms with E-state index in [2.05, 4.69) is 10.0 Å². The average molecular weight is 162 g/mol. The van der Waals surface area contributed by atoms with E-state index >= 15 is 0 Å². The third-order valence-corrected chi connectivity index (χ3v) is 1.96. The summed E-state index contributed by atoms with van der Waals surface area (Å²) in [6.45, 7) is -0.190. The molecule has 6 heteroatoms. The lowest BCUT2D eigenvalue weighted by Crippen LogP contribution is -2.06. The van der Waals surface area contributed by atoms with Crippen molar-refractivity contribution in [2.24, 2.45) is 22.7 Å². The van der Waals surface area contributed by atoms with Crippen LogP contribution >= 0.6 is 0 Å². The zero-order valence-corrected chi connectivity index (χ0v) is 5.74. The summed E-state index contributed by atoms with van der Waals surface area (Å²) in [7, 11) is 0. The highest BCUT2D eigenvalue weighted by Gasteiger charge is 2.66. The average Bonchev–Trinajstić information content (AvgIpc) is 2.48. The smallest absolute Gasteiger partial charge is 0.256 e. The van der Waals surface area contributed by atoms with Gasteiger partial charge in [-0.05, 0) is 5.53 Å². The Morgan fingerprint density at radius 3 is 2.55 bits per heavy atom. The molecule has 0 radical (unpaired) electrons. The fourth-order valence-corrected chi connectivity index (χ4v) is 1.16. The predicted octanol–water partition coefficient (Wildman–Crippen LogP) is 1.14. The SMILES string of the molecule is [N-]=[N+]=NCC1C(CN)C1(F)F. The maximum absolute atomic E-state index is 12.5. The molecule has 4 nitrogen and oxygen atoms in total. The van der Waals surface area contributed by atoms with Crippen molar-refractivity contribution in [2.45, 2.75) is 5.92 Å². The van der Waals surface area contributed by atoms with E-state index in [4.69, 9.17) is 11.3 Å². The van der Waals surface area contributed by atoms with Crippen molar-refractivity contribution < 1.29 is 8.78 Å². The molecule has 0 saturated heterocycles. The van der Waals surface area contributed by atoms with E-state index in [1.807, 2.05) is 0 Å². The molecule has 1 saturated carbocycles. The summed E-state index contributed by atoms with van der Waals surface area (Å²) in [4.78, 5) is 2.40. The first-order valence-corrected chi connectivity index (χ1v) is 3.23. The van der Waals surface area contributed by atoms with Gasteiger partial charge in [0.1, 0.15) is 0 Å². The van der Waals surface area contributed by atoms with Crippen molar-refractivity contribution in [3.05, 3.63) is 10.4 Å². The van der Waals surface area contributed by atoms with Crippen LogP contribution in [0.1, 0.15) is 0 Å². The molecule has 0 heterocycles. The van der Waals surface area contributed by atoms with Gasteiger partial charge < -0.3 is 5.73 Å². The number of halogens is 2. The lowest BCUT2D eigenvalue weighted by Gasteiger charge is -1.88. The van der Waals surface area contributed by atoms with Crippen molar-refractivity contribution >= 4 is 0 Å². The molecule has 2 atom stereocenters. The monoisotopic (exact) mass is 162 g/mol. The molecular weight excluding hydrogens is 154 g/mol. The molecule has 0 aliphatic heterocycles. The van der Waals surface area contributed by atoms with Gasteiger partial charge in [0.2, 0.25) is 0 Å². The van der Waals surface area contributed by atoms with Crippen LogP contribution < -0.4 is 5.73 Å². The second-order valence-corrected chi connectivity index (χ2v) is 2.54. The summed E-state index contributed by atoms with van der Waals surface area (Å²) in [5, 5.41) is 3.07. The Hall–Kier alpha value is -0.870. The second kappa shape index (κ2) is 2.64. The highest BCUT2D eigenvalue weighted by atomic mass is 19.3. The van der Waals surface area contributed by atoms with Gasteiger partial charge in [0.25, 0.3) is 5.92 Å². The number of nitrogens with two attached hydrogens (primary N) is 1. The maximum Gasteiger partial charge on any atom is 0.256 e. The quantitative estimate of drug-likeness (QED) is 0.377. The van der Waals surface area contributed by atoms with Gasteiger partial charge in [-0.25, -0.2) is 8.78 Å². The van der Waals surface area contributed by atoms with Crippen LogP contribution in [0.4, 0.5) is 8.78 Å². The third kappa shape index (κ3) is 1.27. The Labute approximate surface area is 62.0 Å². The molecule has 0 aromatic rings. The highest BCUT2D eigenvalue weighted by molar-refractivity contribution is 5.06. The molecule has 1 rings (SSSR count). The zero-order chi connectivity index (χ0) is 8.48. The van der Waals surface area contributed by atoms with Crippen molar-refractivity contribution in [3.8, 4) is 0 Å². The van der Waals surface area contributed by atoms with E-state index in [0.717, 1.165) is 0 Å². The van der Waals surface area contributed by atoms with Gasteiger partial charge in [-0.2, -0.15) is 0 Å². The lowest BCUT2D eigenvalue weighted by molar-refractivity contribution is 0.0864. The van der Waals surface area contributed by atoms with Crippen LogP contribution in [-0.2, 0) is 0 Å². The van der Waals surface area contributed by atoms with Gasteiger partial charge in [0.05, 0.1) is 0 Å². The molecule has 2 N–H and O–H groups in total. The molecule has 0 spiro atoms. The van der Waals surface area contributed by atoms with Gasteiger partial charge in [-0.15, -0.1) is 0 Å².